The minimum atomic E-state index is -4.06. The van der Waals surface area contributed by atoms with E-state index in [4.69, 9.17) is 18.5 Å². The standard InChI is InChI=1S/C22H33N2O7P/c1-16(2)30-21(26)17(3)23-32(27,31-19-8-6-5-7-9-19)29-15-22(14-28-4)20(25)18-10-12-24(22)13-11-18/h5-9,16-18H,10-15H2,1-4H3,(H,23,27)/t17-,22?,32?/m0/s1. The lowest BCUT2D eigenvalue weighted by Crippen LogP contribution is -2.69. The number of carbonyl (C=O) groups is 2. The van der Waals surface area contributed by atoms with Gasteiger partial charge in [-0.05, 0) is 58.8 Å². The van der Waals surface area contributed by atoms with E-state index >= 15 is 0 Å². The third-order valence-corrected chi connectivity index (χ3v) is 7.44. The molecule has 1 aromatic carbocycles. The van der Waals surface area contributed by atoms with Crippen LogP contribution in [-0.4, -0.2) is 67.8 Å². The average molecular weight is 468 g/mol. The number of carbonyl (C=O) groups excluding carboxylic acids is 2. The fourth-order valence-electron chi connectivity index (χ4n) is 4.24. The normalized spacial score (nSPS) is 27.7. The second kappa shape index (κ2) is 10.4. The Morgan fingerprint density at radius 1 is 1.19 bits per heavy atom. The highest BCUT2D eigenvalue weighted by atomic mass is 31.2. The SMILES string of the molecule is COCC1(COP(=O)(N[C@@H](C)C(=O)OC(C)C)Oc2ccccc2)C(=O)C2CCN1CC2. The maximum atomic E-state index is 13.8. The minimum absolute atomic E-state index is 0.0374. The lowest BCUT2D eigenvalue weighted by atomic mass is 9.74. The first kappa shape index (κ1) is 24.9. The third kappa shape index (κ3) is 5.58. The number of piperidine rings is 3. The number of para-hydroxylation sites is 1. The van der Waals surface area contributed by atoms with Gasteiger partial charge in [0.1, 0.15) is 17.3 Å². The van der Waals surface area contributed by atoms with Gasteiger partial charge in [-0.25, -0.2) is 4.57 Å². The first-order valence-electron chi connectivity index (χ1n) is 10.9. The summed E-state index contributed by atoms with van der Waals surface area (Å²) in [5, 5.41) is 2.67. The van der Waals surface area contributed by atoms with Gasteiger partial charge in [0.2, 0.25) is 0 Å². The highest BCUT2D eigenvalue weighted by Crippen LogP contribution is 2.47. The summed E-state index contributed by atoms with van der Waals surface area (Å²) in [6.45, 7) is 6.42. The first-order chi connectivity index (χ1) is 15.2. The van der Waals surface area contributed by atoms with Gasteiger partial charge in [-0.3, -0.25) is 19.0 Å². The largest absolute Gasteiger partial charge is 0.462 e. The molecule has 0 amide bonds. The summed E-state index contributed by atoms with van der Waals surface area (Å²) >= 11 is 0. The van der Waals surface area contributed by atoms with Crippen molar-refractivity contribution in [3.63, 3.8) is 0 Å². The molecule has 2 unspecified atom stereocenters. The zero-order chi connectivity index (χ0) is 23.4. The molecular weight excluding hydrogens is 435 g/mol. The Morgan fingerprint density at radius 2 is 1.84 bits per heavy atom. The summed E-state index contributed by atoms with van der Waals surface area (Å²) in [5.41, 5.74) is -1.03. The molecule has 0 saturated carbocycles. The molecule has 0 aliphatic carbocycles. The van der Waals surface area contributed by atoms with Crippen LogP contribution >= 0.6 is 7.75 Å². The van der Waals surface area contributed by atoms with Crippen molar-refractivity contribution in [1.29, 1.82) is 0 Å². The Hall–Kier alpha value is -1.77. The van der Waals surface area contributed by atoms with Crippen LogP contribution in [0.25, 0.3) is 0 Å². The predicted molar refractivity (Wildman–Crippen MR) is 118 cm³/mol. The van der Waals surface area contributed by atoms with Crippen LogP contribution in [0.5, 0.6) is 5.75 Å². The summed E-state index contributed by atoms with van der Waals surface area (Å²) in [5.74, 6) is -0.287. The summed E-state index contributed by atoms with van der Waals surface area (Å²) in [6, 6.07) is 7.58. The molecule has 1 aromatic rings. The van der Waals surface area contributed by atoms with E-state index in [0.717, 1.165) is 25.9 Å². The number of Topliss-reactive ketones (excluding diaryl/α,β-unsaturated/α-hetero) is 1. The second-order valence-corrected chi connectivity index (χ2v) is 10.3. The zero-order valence-electron chi connectivity index (χ0n) is 19.1. The number of hydrogen-bond acceptors (Lipinski definition) is 8. The van der Waals surface area contributed by atoms with Crippen molar-refractivity contribution in [1.82, 2.24) is 9.99 Å². The van der Waals surface area contributed by atoms with Crippen LogP contribution in [0.1, 0.15) is 33.6 Å². The maximum Gasteiger partial charge on any atom is 0.459 e. The molecule has 10 heteroatoms. The van der Waals surface area contributed by atoms with Crippen molar-refractivity contribution in [2.45, 2.75) is 51.3 Å². The molecule has 0 radical (unpaired) electrons. The number of esters is 1. The Morgan fingerprint density at radius 3 is 2.41 bits per heavy atom. The van der Waals surface area contributed by atoms with E-state index in [9.17, 15) is 14.2 Å². The van der Waals surface area contributed by atoms with Gasteiger partial charge in [-0.15, -0.1) is 0 Å². The van der Waals surface area contributed by atoms with E-state index in [1.165, 1.54) is 14.0 Å². The van der Waals surface area contributed by atoms with E-state index in [1.807, 2.05) is 4.90 Å². The molecule has 178 valence electrons. The fraction of sp³-hybridized carbons (Fsp3) is 0.636. The Balaban J connectivity index is 1.82. The van der Waals surface area contributed by atoms with E-state index in [2.05, 4.69) is 5.09 Å². The van der Waals surface area contributed by atoms with Crippen LogP contribution in [0.3, 0.4) is 0 Å². The Labute approximate surface area is 189 Å². The number of fused-ring (bicyclic) bond motifs is 3. The van der Waals surface area contributed by atoms with Gasteiger partial charge < -0.3 is 14.0 Å². The van der Waals surface area contributed by atoms with E-state index < -0.39 is 25.3 Å². The topological polar surface area (TPSA) is 103 Å². The number of ether oxygens (including phenoxy) is 2. The Kier molecular flexibility index (Phi) is 8.11. The van der Waals surface area contributed by atoms with Gasteiger partial charge >= 0.3 is 13.7 Å². The zero-order valence-corrected chi connectivity index (χ0v) is 20.0. The van der Waals surface area contributed by atoms with Gasteiger partial charge in [-0.1, -0.05) is 18.2 Å². The molecule has 32 heavy (non-hydrogen) atoms. The molecular formula is C22H33N2O7P. The van der Waals surface area contributed by atoms with E-state index in [-0.39, 0.29) is 31.0 Å². The number of nitrogens with one attached hydrogen (secondary N) is 1. The fourth-order valence-corrected chi connectivity index (χ4v) is 5.78. The van der Waals surface area contributed by atoms with Crippen molar-refractivity contribution in [3.8, 4) is 5.75 Å². The molecule has 3 aliphatic heterocycles. The first-order valence-corrected chi connectivity index (χ1v) is 12.5. The van der Waals surface area contributed by atoms with Gasteiger partial charge in [-0.2, -0.15) is 5.09 Å². The van der Waals surface area contributed by atoms with Gasteiger partial charge in [0.25, 0.3) is 0 Å². The summed E-state index contributed by atoms with van der Waals surface area (Å²) in [6.07, 6.45) is 1.28. The predicted octanol–water partition coefficient (Wildman–Crippen LogP) is 2.80. The van der Waals surface area contributed by atoms with Crippen molar-refractivity contribution in [2.75, 3.05) is 33.4 Å². The van der Waals surface area contributed by atoms with Crippen LogP contribution in [0, 0.1) is 5.92 Å². The average Bonchev–Trinajstić information content (AvgIpc) is 2.76. The number of methoxy groups -OCH3 is 1. The molecule has 2 bridgehead atoms. The van der Waals surface area contributed by atoms with Crippen LogP contribution in [0.4, 0.5) is 0 Å². The molecule has 0 aromatic heterocycles. The molecule has 9 nitrogen and oxygen atoms in total. The van der Waals surface area contributed by atoms with Gasteiger partial charge in [0.05, 0.1) is 19.3 Å². The summed E-state index contributed by atoms with van der Waals surface area (Å²) in [7, 11) is -2.53. The van der Waals surface area contributed by atoms with Crippen LogP contribution in [0.2, 0.25) is 0 Å². The monoisotopic (exact) mass is 468 g/mol. The number of hydrogen-bond donors (Lipinski definition) is 1. The molecule has 3 saturated heterocycles. The quantitative estimate of drug-likeness (QED) is 0.388. The Bertz CT molecular complexity index is 842. The lowest BCUT2D eigenvalue weighted by Gasteiger charge is -2.52. The smallest absolute Gasteiger partial charge is 0.459 e. The number of rotatable bonds is 11. The van der Waals surface area contributed by atoms with Crippen LogP contribution in [0.15, 0.2) is 30.3 Å². The lowest BCUT2D eigenvalue weighted by molar-refractivity contribution is -0.157. The molecule has 1 N–H and O–H groups in total. The van der Waals surface area contributed by atoms with Gasteiger partial charge in [0, 0.05) is 13.0 Å². The van der Waals surface area contributed by atoms with Crippen molar-refractivity contribution in [3.05, 3.63) is 30.3 Å². The highest BCUT2D eigenvalue weighted by Gasteiger charge is 2.54. The number of benzene rings is 1. The van der Waals surface area contributed by atoms with E-state index in [0.29, 0.717) is 5.75 Å². The molecule has 0 spiro atoms. The minimum Gasteiger partial charge on any atom is -0.462 e. The van der Waals surface area contributed by atoms with Crippen molar-refractivity contribution in [2.24, 2.45) is 5.92 Å². The van der Waals surface area contributed by atoms with Crippen LogP contribution in [-0.2, 0) is 28.2 Å². The van der Waals surface area contributed by atoms with Crippen molar-refractivity contribution >= 4 is 19.5 Å². The van der Waals surface area contributed by atoms with Crippen LogP contribution < -0.4 is 9.61 Å². The summed E-state index contributed by atoms with van der Waals surface area (Å²) in [4.78, 5) is 27.6. The molecule has 4 rings (SSSR count). The molecule has 3 atom stereocenters. The maximum absolute atomic E-state index is 13.8. The van der Waals surface area contributed by atoms with Crippen molar-refractivity contribution < 1.29 is 32.7 Å². The number of ketones is 1. The number of nitrogens with zero attached hydrogens (tertiary/aromatic N) is 1. The highest BCUT2D eigenvalue weighted by molar-refractivity contribution is 7.52. The molecule has 3 heterocycles. The van der Waals surface area contributed by atoms with E-state index in [1.54, 1.807) is 44.2 Å². The molecule has 3 fully saturated rings. The summed E-state index contributed by atoms with van der Waals surface area (Å²) < 4.78 is 35.9. The second-order valence-electron chi connectivity index (χ2n) is 8.60. The third-order valence-electron chi connectivity index (χ3n) is 5.81. The molecule has 3 aliphatic rings. The van der Waals surface area contributed by atoms with Gasteiger partial charge in [0.15, 0.2) is 5.78 Å².